The Labute approximate surface area is 201 Å². The molecule has 1 amide bonds. The highest BCUT2D eigenvalue weighted by Crippen LogP contribution is 2.38. The first-order chi connectivity index (χ1) is 17.0. The third kappa shape index (κ3) is 4.23. The summed E-state index contributed by atoms with van der Waals surface area (Å²) in [4.78, 5) is 14.0. The Balaban J connectivity index is 1.41. The van der Waals surface area contributed by atoms with E-state index in [9.17, 15) is 35.2 Å². The van der Waals surface area contributed by atoms with Gasteiger partial charge in [0.2, 0.25) is 15.9 Å². The molecule has 190 valence electrons. The second kappa shape index (κ2) is 8.62. The lowest BCUT2D eigenvalue weighted by molar-refractivity contribution is 0.0164. The van der Waals surface area contributed by atoms with Crippen LogP contribution in [0.1, 0.15) is 34.7 Å². The average Bonchev–Trinajstić information content (AvgIpc) is 3.52. The van der Waals surface area contributed by atoms with Crippen molar-refractivity contribution in [1.82, 2.24) is 19.4 Å². The highest BCUT2D eigenvalue weighted by molar-refractivity contribution is 7.89. The Bertz CT molecular complexity index is 1430. The fourth-order valence-electron chi connectivity index (χ4n) is 4.42. The van der Waals surface area contributed by atoms with Crippen LogP contribution in [0.4, 0.5) is 22.0 Å². The number of hydrogen-bond donors (Lipinski definition) is 0. The van der Waals surface area contributed by atoms with Gasteiger partial charge >= 0.3 is 6.43 Å². The van der Waals surface area contributed by atoms with Gasteiger partial charge in [-0.25, -0.2) is 21.6 Å². The van der Waals surface area contributed by atoms with Crippen molar-refractivity contribution in [2.45, 2.75) is 36.3 Å². The minimum Gasteiger partial charge on any atom is -0.415 e. The second-order valence-electron chi connectivity index (χ2n) is 8.49. The molecular weight excluding hydrogens is 511 g/mol. The molecule has 1 fully saturated rings. The van der Waals surface area contributed by atoms with E-state index in [1.807, 2.05) is 0 Å². The fourth-order valence-corrected chi connectivity index (χ4v) is 6.08. The zero-order valence-corrected chi connectivity index (χ0v) is 19.1. The molecule has 0 radical (unpaired) electrons. The molecule has 1 aromatic heterocycles. The number of benzene rings is 2. The van der Waals surface area contributed by atoms with Crippen LogP contribution in [0.2, 0.25) is 0 Å². The Morgan fingerprint density at radius 2 is 1.86 bits per heavy atom. The predicted octanol–water partition coefficient (Wildman–Crippen LogP) is 3.87. The van der Waals surface area contributed by atoms with Crippen molar-refractivity contribution in [2.75, 3.05) is 13.1 Å². The van der Waals surface area contributed by atoms with Gasteiger partial charge in [-0.15, -0.1) is 10.2 Å². The lowest BCUT2D eigenvalue weighted by atomic mass is 10.1. The molecule has 0 aliphatic carbocycles. The van der Waals surface area contributed by atoms with E-state index < -0.39 is 71.4 Å². The Morgan fingerprint density at radius 1 is 1.14 bits per heavy atom. The number of carbonyl (C=O) groups is 1. The average molecular weight is 528 g/mol. The van der Waals surface area contributed by atoms with Gasteiger partial charge in [-0.05, 0) is 24.3 Å². The molecule has 2 aromatic carbocycles. The van der Waals surface area contributed by atoms with E-state index in [4.69, 9.17) is 4.42 Å². The van der Waals surface area contributed by atoms with Crippen molar-refractivity contribution in [3.05, 3.63) is 65.3 Å². The molecule has 2 aliphatic rings. The molecule has 0 bridgehead atoms. The number of amides is 1. The summed E-state index contributed by atoms with van der Waals surface area (Å²) in [7, 11) is -4.29. The maximum Gasteiger partial charge on any atom is 0.314 e. The van der Waals surface area contributed by atoms with Crippen molar-refractivity contribution in [2.24, 2.45) is 0 Å². The molecular formula is C22H17F5N4O4S. The number of aromatic nitrogens is 2. The standard InChI is InChI=1S/C22H17F5N4O4S/c23-17-7-12(19-28-29-20(35-19)18(24)25)6-15-16(17)10-30(21(15)32)9-13-8-22(26,27)11-31(13)36(33,34)14-4-2-1-3-5-14/h1-7,13,18H,8-11H2/t13-/m1/s1. The molecule has 36 heavy (non-hydrogen) atoms. The Hall–Kier alpha value is -3.39. The normalized spacial score (nSPS) is 19.9. The van der Waals surface area contributed by atoms with E-state index in [0.29, 0.717) is 4.31 Å². The fraction of sp³-hybridized carbons (Fsp3) is 0.318. The van der Waals surface area contributed by atoms with Crippen LogP contribution in [0.3, 0.4) is 0 Å². The van der Waals surface area contributed by atoms with Gasteiger partial charge in [0, 0.05) is 42.2 Å². The second-order valence-corrected chi connectivity index (χ2v) is 10.4. The minimum atomic E-state index is -4.29. The summed E-state index contributed by atoms with van der Waals surface area (Å²) in [6.45, 7) is -1.74. The Morgan fingerprint density at radius 3 is 2.53 bits per heavy atom. The summed E-state index contributed by atoms with van der Waals surface area (Å²) in [5.74, 6) is -6.30. The summed E-state index contributed by atoms with van der Waals surface area (Å²) in [5.41, 5.74) is -0.287. The van der Waals surface area contributed by atoms with E-state index in [2.05, 4.69) is 10.2 Å². The molecule has 2 aliphatic heterocycles. The maximum atomic E-state index is 14.8. The summed E-state index contributed by atoms with van der Waals surface area (Å²) in [6, 6.07) is 7.95. The van der Waals surface area contributed by atoms with E-state index >= 15 is 0 Å². The zero-order valence-electron chi connectivity index (χ0n) is 18.2. The third-order valence-electron chi connectivity index (χ3n) is 6.05. The molecule has 14 heteroatoms. The monoisotopic (exact) mass is 528 g/mol. The van der Waals surface area contributed by atoms with E-state index in [1.54, 1.807) is 6.07 Å². The van der Waals surface area contributed by atoms with Crippen molar-refractivity contribution < 1.29 is 39.6 Å². The van der Waals surface area contributed by atoms with Crippen LogP contribution >= 0.6 is 0 Å². The predicted molar refractivity (Wildman–Crippen MR) is 113 cm³/mol. The van der Waals surface area contributed by atoms with Gasteiger partial charge in [-0.2, -0.15) is 13.1 Å². The van der Waals surface area contributed by atoms with Gasteiger partial charge in [0.1, 0.15) is 5.82 Å². The zero-order chi connectivity index (χ0) is 25.8. The van der Waals surface area contributed by atoms with Crippen molar-refractivity contribution in [1.29, 1.82) is 0 Å². The molecule has 3 heterocycles. The van der Waals surface area contributed by atoms with E-state index in [-0.39, 0.29) is 28.1 Å². The third-order valence-corrected chi connectivity index (χ3v) is 7.96. The van der Waals surface area contributed by atoms with Crippen molar-refractivity contribution in [3.8, 4) is 11.5 Å². The molecule has 8 nitrogen and oxygen atoms in total. The Kier molecular flexibility index (Phi) is 5.82. The molecule has 5 rings (SSSR count). The molecule has 1 saturated heterocycles. The van der Waals surface area contributed by atoms with Gasteiger partial charge in [0.15, 0.2) is 0 Å². The summed E-state index contributed by atoms with van der Waals surface area (Å²) in [6.07, 6.45) is -3.85. The first-order valence-electron chi connectivity index (χ1n) is 10.6. The number of alkyl halides is 4. The van der Waals surface area contributed by atoms with Gasteiger partial charge in [0.25, 0.3) is 17.7 Å². The minimum absolute atomic E-state index is 0.0421. The van der Waals surface area contributed by atoms with E-state index in [1.165, 1.54) is 30.3 Å². The van der Waals surface area contributed by atoms with Crippen molar-refractivity contribution >= 4 is 15.9 Å². The first kappa shape index (κ1) is 24.3. The van der Waals surface area contributed by atoms with Crippen LogP contribution in [-0.4, -0.2) is 58.8 Å². The number of hydrogen-bond acceptors (Lipinski definition) is 6. The van der Waals surface area contributed by atoms with Gasteiger partial charge < -0.3 is 9.32 Å². The van der Waals surface area contributed by atoms with Crippen LogP contribution in [0.25, 0.3) is 11.5 Å². The summed E-state index contributed by atoms with van der Waals surface area (Å²) < 4.78 is 101. The number of rotatable bonds is 6. The quantitative estimate of drug-likeness (QED) is 0.451. The smallest absolute Gasteiger partial charge is 0.314 e. The number of halogens is 5. The van der Waals surface area contributed by atoms with Crippen LogP contribution in [0, 0.1) is 5.82 Å². The molecule has 0 unspecified atom stereocenters. The first-order valence-corrected chi connectivity index (χ1v) is 12.1. The molecule has 0 saturated carbocycles. The van der Waals surface area contributed by atoms with Gasteiger partial charge in [0.05, 0.1) is 11.4 Å². The van der Waals surface area contributed by atoms with Crippen LogP contribution < -0.4 is 0 Å². The highest BCUT2D eigenvalue weighted by atomic mass is 32.2. The lowest BCUT2D eigenvalue weighted by Gasteiger charge is -2.27. The number of nitrogens with zero attached hydrogens (tertiary/aromatic N) is 4. The van der Waals surface area contributed by atoms with E-state index in [0.717, 1.165) is 11.0 Å². The number of fused-ring (bicyclic) bond motifs is 1. The maximum absolute atomic E-state index is 14.8. The molecule has 1 atom stereocenters. The van der Waals surface area contributed by atoms with Crippen LogP contribution in [0.15, 0.2) is 51.8 Å². The van der Waals surface area contributed by atoms with Gasteiger partial charge in [-0.3, -0.25) is 4.79 Å². The SMILES string of the molecule is O=C1c2cc(-c3nnc(C(F)F)o3)cc(F)c2CN1C[C@H]1CC(F)(F)CN1S(=O)(=O)c1ccccc1. The van der Waals surface area contributed by atoms with Crippen LogP contribution in [-0.2, 0) is 16.6 Å². The van der Waals surface area contributed by atoms with Gasteiger partial charge in [-0.1, -0.05) is 18.2 Å². The molecule has 0 N–H and O–H groups in total. The van der Waals surface area contributed by atoms with Crippen molar-refractivity contribution in [3.63, 3.8) is 0 Å². The topological polar surface area (TPSA) is 96.6 Å². The van der Waals surface area contributed by atoms with Crippen LogP contribution in [0.5, 0.6) is 0 Å². The molecule has 0 spiro atoms. The summed E-state index contributed by atoms with van der Waals surface area (Å²) >= 11 is 0. The highest BCUT2D eigenvalue weighted by Gasteiger charge is 2.51. The number of sulfonamides is 1. The molecule has 3 aromatic rings. The summed E-state index contributed by atoms with van der Waals surface area (Å²) in [5, 5.41) is 6.61. The largest absolute Gasteiger partial charge is 0.415 e. The lowest BCUT2D eigenvalue weighted by Crippen LogP contribution is -2.43. The number of carbonyl (C=O) groups excluding carboxylic acids is 1.